The number of carbonyl (C=O) groups excluding carboxylic acids is 2. The minimum Gasteiger partial charge on any atom is -0.497 e. The van der Waals surface area contributed by atoms with E-state index >= 15 is 0 Å². The van der Waals surface area contributed by atoms with Crippen LogP contribution >= 0.6 is 22.9 Å². The third-order valence-corrected chi connectivity index (χ3v) is 7.96. The van der Waals surface area contributed by atoms with E-state index in [9.17, 15) is 9.59 Å². The van der Waals surface area contributed by atoms with Crippen molar-refractivity contribution < 1.29 is 19.1 Å². The number of fused-ring (bicyclic) bond motifs is 1. The Bertz CT molecular complexity index is 1240. The molecule has 8 heteroatoms. The highest BCUT2D eigenvalue weighted by molar-refractivity contribution is 7.10. The highest BCUT2D eigenvalue weighted by Gasteiger charge is 2.35. The van der Waals surface area contributed by atoms with Crippen LogP contribution in [0.3, 0.4) is 0 Å². The molecular formula is C28H29ClN2O4S. The molecule has 188 valence electrons. The minimum atomic E-state index is -0.220. The summed E-state index contributed by atoms with van der Waals surface area (Å²) in [4.78, 5) is 31.9. The Hall–Kier alpha value is -3.03. The van der Waals surface area contributed by atoms with Gasteiger partial charge in [-0.2, -0.15) is 0 Å². The van der Waals surface area contributed by atoms with Gasteiger partial charge in [-0.05, 0) is 72.5 Å². The number of nitrogens with zero attached hydrogens (tertiary/aromatic N) is 2. The quantitative estimate of drug-likeness (QED) is 0.372. The molecule has 0 bridgehead atoms. The van der Waals surface area contributed by atoms with E-state index in [0.717, 1.165) is 30.6 Å². The zero-order valence-electron chi connectivity index (χ0n) is 20.2. The van der Waals surface area contributed by atoms with E-state index in [4.69, 9.17) is 21.1 Å². The van der Waals surface area contributed by atoms with Gasteiger partial charge in [-0.25, -0.2) is 0 Å². The van der Waals surface area contributed by atoms with Crippen LogP contribution in [0.15, 0.2) is 60.0 Å². The maximum Gasteiger partial charge on any atom is 0.254 e. The second-order valence-electron chi connectivity index (χ2n) is 9.28. The average Bonchev–Trinajstić information content (AvgIpc) is 3.58. The minimum absolute atomic E-state index is 0.0387. The van der Waals surface area contributed by atoms with E-state index < -0.39 is 0 Å². The summed E-state index contributed by atoms with van der Waals surface area (Å²) in [5, 5.41) is 2.58. The molecule has 3 aromatic rings. The largest absolute Gasteiger partial charge is 0.497 e. The molecule has 2 heterocycles. The van der Waals surface area contributed by atoms with Crippen LogP contribution in [0.5, 0.6) is 11.5 Å². The van der Waals surface area contributed by atoms with Gasteiger partial charge in [-0.15, -0.1) is 11.3 Å². The van der Waals surface area contributed by atoms with E-state index in [1.807, 2.05) is 29.2 Å². The van der Waals surface area contributed by atoms with Gasteiger partial charge in [0, 0.05) is 34.6 Å². The molecule has 1 aliphatic heterocycles. The summed E-state index contributed by atoms with van der Waals surface area (Å²) in [6.45, 7) is 1.55. The van der Waals surface area contributed by atoms with Crippen LogP contribution in [-0.2, 0) is 11.2 Å². The second-order valence-corrected chi connectivity index (χ2v) is 10.7. The monoisotopic (exact) mass is 524 g/mol. The maximum absolute atomic E-state index is 13.7. The number of rotatable bonds is 9. The first kappa shape index (κ1) is 24.7. The van der Waals surface area contributed by atoms with Gasteiger partial charge < -0.3 is 19.3 Å². The highest BCUT2D eigenvalue weighted by Crippen LogP contribution is 2.35. The van der Waals surface area contributed by atoms with E-state index in [-0.39, 0.29) is 24.4 Å². The van der Waals surface area contributed by atoms with E-state index in [1.165, 1.54) is 4.88 Å². The molecule has 36 heavy (non-hydrogen) atoms. The van der Waals surface area contributed by atoms with Crippen molar-refractivity contribution in [2.24, 2.45) is 5.92 Å². The molecule has 0 N–H and O–H groups in total. The first-order valence-corrected chi connectivity index (χ1v) is 13.4. The average molecular weight is 525 g/mol. The third-order valence-electron chi connectivity index (χ3n) is 6.72. The van der Waals surface area contributed by atoms with Crippen LogP contribution in [-0.4, -0.2) is 55.0 Å². The van der Waals surface area contributed by atoms with E-state index in [0.29, 0.717) is 41.9 Å². The molecule has 1 unspecified atom stereocenters. The Balaban J connectivity index is 1.34. The number of halogens is 1. The van der Waals surface area contributed by atoms with Crippen LogP contribution in [0, 0.1) is 5.92 Å². The van der Waals surface area contributed by atoms with E-state index in [1.54, 1.807) is 47.6 Å². The number of thiophene rings is 1. The van der Waals surface area contributed by atoms with Crippen molar-refractivity contribution in [3.05, 3.63) is 81.0 Å². The second kappa shape index (κ2) is 10.9. The van der Waals surface area contributed by atoms with Gasteiger partial charge in [0.15, 0.2) is 0 Å². The molecule has 0 spiro atoms. The lowest BCUT2D eigenvalue weighted by Gasteiger charge is -2.37. The summed E-state index contributed by atoms with van der Waals surface area (Å²) >= 11 is 7.85. The fourth-order valence-electron chi connectivity index (χ4n) is 4.63. The molecule has 2 aliphatic rings. The number of amides is 2. The van der Waals surface area contributed by atoms with Gasteiger partial charge >= 0.3 is 0 Å². The van der Waals surface area contributed by atoms with Gasteiger partial charge in [0.05, 0.1) is 13.2 Å². The topological polar surface area (TPSA) is 59.1 Å². The van der Waals surface area contributed by atoms with E-state index in [2.05, 4.69) is 11.4 Å². The van der Waals surface area contributed by atoms with Crippen LogP contribution < -0.4 is 9.47 Å². The predicted molar refractivity (Wildman–Crippen MR) is 141 cm³/mol. The van der Waals surface area contributed by atoms with Crippen LogP contribution in [0.25, 0.3) is 0 Å². The van der Waals surface area contributed by atoms with Gasteiger partial charge in [0.25, 0.3) is 5.91 Å². The van der Waals surface area contributed by atoms with Crippen LogP contribution in [0.2, 0.25) is 5.02 Å². The Morgan fingerprint density at radius 3 is 2.69 bits per heavy atom. The summed E-state index contributed by atoms with van der Waals surface area (Å²) < 4.78 is 11.4. The Kier molecular flexibility index (Phi) is 7.48. The summed E-state index contributed by atoms with van der Waals surface area (Å²) in [6.07, 6.45) is 2.98. The summed E-state index contributed by atoms with van der Waals surface area (Å²) in [5.41, 5.74) is 1.63. The van der Waals surface area contributed by atoms with Crippen molar-refractivity contribution >= 4 is 34.8 Å². The summed E-state index contributed by atoms with van der Waals surface area (Å²) in [7, 11) is 1.62. The molecule has 1 aliphatic carbocycles. The third kappa shape index (κ3) is 5.68. The number of benzene rings is 2. The van der Waals surface area contributed by atoms with Gasteiger partial charge in [0.2, 0.25) is 5.91 Å². The number of hydrogen-bond donors (Lipinski definition) is 0. The zero-order valence-corrected chi connectivity index (χ0v) is 21.8. The van der Waals surface area contributed by atoms with Crippen LogP contribution in [0.1, 0.15) is 39.7 Å². The zero-order chi connectivity index (χ0) is 25.1. The fourth-order valence-corrected chi connectivity index (χ4v) is 5.75. The number of hydrogen-bond acceptors (Lipinski definition) is 5. The smallest absolute Gasteiger partial charge is 0.254 e. The van der Waals surface area contributed by atoms with Crippen molar-refractivity contribution in [1.29, 1.82) is 0 Å². The Labute approximate surface area is 220 Å². The fraction of sp³-hybridized carbons (Fsp3) is 0.357. The van der Waals surface area contributed by atoms with Crippen molar-refractivity contribution in [3.8, 4) is 11.5 Å². The summed E-state index contributed by atoms with van der Waals surface area (Å²) in [5.74, 6) is 1.64. The Morgan fingerprint density at radius 2 is 1.92 bits per heavy atom. The first-order valence-electron chi connectivity index (χ1n) is 12.2. The lowest BCUT2D eigenvalue weighted by atomic mass is 10.0. The molecule has 0 saturated heterocycles. The highest BCUT2D eigenvalue weighted by atomic mass is 35.5. The molecule has 5 rings (SSSR count). The molecule has 1 fully saturated rings. The van der Waals surface area contributed by atoms with Gasteiger partial charge in [-0.3, -0.25) is 9.59 Å². The maximum atomic E-state index is 13.7. The molecule has 6 nitrogen and oxygen atoms in total. The predicted octanol–water partition coefficient (Wildman–Crippen LogP) is 5.47. The summed E-state index contributed by atoms with van der Waals surface area (Å²) in [6, 6.07) is 16.3. The van der Waals surface area contributed by atoms with Gasteiger partial charge in [0.1, 0.15) is 24.7 Å². The molecule has 1 atom stereocenters. The lowest BCUT2D eigenvalue weighted by molar-refractivity contribution is -0.135. The van der Waals surface area contributed by atoms with Crippen molar-refractivity contribution in [3.63, 3.8) is 0 Å². The van der Waals surface area contributed by atoms with Crippen molar-refractivity contribution in [2.75, 3.05) is 33.4 Å². The molecule has 2 aromatic carbocycles. The van der Waals surface area contributed by atoms with Crippen molar-refractivity contribution in [1.82, 2.24) is 9.80 Å². The van der Waals surface area contributed by atoms with Crippen molar-refractivity contribution in [2.45, 2.75) is 25.3 Å². The number of carbonyl (C=O) groups is 2. The van der Waals surface area contributed by atoms with Gasteiger partial charge in [-0.1, -0.05) is 23.7 Å². The molecule has 1 saturated carbocycles. The molecule has 1 aromatic heterocycles. The number of ether oxygens (including phenoxy) is 2. The standard InChI is InChI=1S/C28H29ClN2O4S/c1-34-22-6-3-7-23(15-22)35-18-25-24-11-13-36-26(24)10-12-31(25)27(32)17-30(16-19-8-9-19)28(33)20-4-2-5-21(29)14-20/h2-7,11,13-15,19,25H,8-10,12,16-18H2,1H3. The Morgan fingerprint density at radius 1 is 1.11 bits per heavy atom. The number of methoxy groups -OCH3 is 1. The lowest BCUT2D eigenvalue weighted by Crippen LogP contribution is -2.48. The first-order chi connectivity index (χ1) is 17.5. The SMILES string of the molecule is COc1cccc(OCC2c3ccsc3CCN2C(=O)CN(CC2CC2)C(=O)c2cccc(Cl)c2)c1. The molecule has 0 radical (unpaired) electrons. The normalized spacial score (nSPS) is 16.8. The molecule has 2 amide bonds. The van der Waals surface area contributed by atoms with Crippen LogP contribution in [0.4, 0.5) is 0 Å². The molecular weight excluding hydrogens is 496 g/mol.